The van der Waals surface area contributed by atoms with Gasteiger partial charge in [-0.25, -0.2) is 14.4 Å². The van der Waals surface area contributed by atoms with Crippen LogP contribution in [-0.4, -0.2) is 80.5 Å². The zero-order chi connectivity index (χ0) is 24.9. The fraction of sp³-hybridized carbons (Fsp3) is 0.458. The first-order valence-electron chi connectivity index (χ1n) is 11.4. The highest BCUT2D eigenvalue weighted by atomic mass is 32.1. The lowest BCUT2D eigenvalue weighted by Gasteiger charge is -2.19. The van der Waals surface area contributed by atoms with E-state index in [2.05, 4.69) is 20.6 Å². The maximum absolute atomic E-state index is 14.0. The van der Waals surface area contributed by atoms with E-state index in [0.29, 0.717) is 53.3 Å². The summed E-state index contributed by atoms with van der Waals surface area (Å²) in [6.45, 7) is 4.03. The average Bonchev–Trinajstić information content (AvgIpc) is 3.46. The van der Waals surface area contributed by atoms with Crippen LogP contribution >= 0.6 is 11.3 Å². The maximum atomic E-state index is 14.0. The molecule has 1 amide bonds. The predicted octanol–water partition coefficient (Wildman–Crippen LogP) is 3.36. The molecule has 4 rings (SSSR count). The molecular formula is C24H30FN5O4S. The molecule has 2 aromatic heterocycles. The summed E-state index contributed by atoms with van der Waals surface area (Å²) in [5, 5.41) is 6.95. The number of aryl methyl sites for hydroxylation is 1. The molecule has 35 heavy (non-hydrogen) atoms. The summed E-state index contributed by atoms with van der Waals surface area (Å²) in [6.07, 6.45) is 1.93. The number of rotatable bonds is 10. The van der Waals surface area contributed by atoms with Crippen molar-refractivity contribution in [2.75, 3.05) is 52.8 Å². The second kappa shape index (κ2) is 11.3. The second-order valence-electron chi connectivity index (χ2n) is 8.66. The van der Waals surface area contributed by atoms with E-state index in [0.717, 1.165) is 17.4 Å². The lowest BCUT2D eigenvalue weighted by Crippen LogP contribution is -2.38. The van der Waals surface area contributed by atoms with Gasteiger partial charge in [0.05, 0.1) is 35.3 Å². The van der Waals surface area contributed by atoms with E-state index < -0.39 is 5.82 Å². The Kier molecular flexibility index (Phi) is 8.11. The van der Waals surface area contributed by atoms with E-state index in [9.17, 15) is 9.18 Å². The lowest BCUT2D eigenvalue weighted by molar-refractivity contribution is 0.0707. The number of carbonyl (C=O) groups is 1. The molecule has 3 heterocycles. The number of anilines is 2. The molecule has 188 valence electrons. The molecule has 1 aliphatic rings. The quantitative estimate of drug-likeness (QED) is 0.435. The van der Waals surface area contributed by atoms with Crippen molar-refractivity contribution in [1.29, 1.82) is 0 Å². The fourth-order valence-corrected chi connectivity index (χ4v) is 4.97. The molecule has 1 fully saturated rings. The number of thiophene rings is 1. The number of methoxy groups -OCH3 is 1. The highest BCUT2D eigenvalue weighted by molar-refractivity contribution is 7.20. The Balaban J connectivity index is 1.57. The monoisotopic (exact) mass is 503 g/mol. The van der Waals surface area contributed by atoms with Crippen molar-refractivity contribution in [3.05, 3.63) is 40.8 Å². The summed E-state index contributed by atoms with van der Waals surface area (Å²) in [7, 11) is 5.54. The number of likely N-dealkylation sites (N-methyl/N-ethyl adjacent to an activating group) is 1. The molecule has 11 heteroatoms. The van der Waals surface area contributed by atoms with Gasteiger partial charge in [-0.2, -0.15) is 0 Å². The van der Waals surface area contributed by atoms with Crippen molar-refractivity contribution in [3.8, 4) is 5.75 Å². The van der Waals surface area contributed by atoms with Gasteiger partial charge in [0.2, 0.25) is 0 Å². The SMILES string of the molecule is COC(CNC(=O)c1sc2ncnc(Nc3ccc(F)cc3O[C@@H]3CCOC3)c2c1C)CN(C)C. The standard InChI is InChI=1S/C24H30FN5O4S/c1-14-20-22(29-18-6-5-15(25)9-19(18)34-16-7-8-33-12-16)27-13-28-24(20)35-21(14)23(31)26-10-17(32-4)11-30(2)3/h5-6,9,13,16-17H,7-8,10-12H2,1-4H3,(H,26,31)(H,27,28,29)/t16-,17?/m1/s1. The number of ether oxygens (including phenoxy) is 3. The van der Waals surface area contributed by atoms with Gasteiger partial charge >= 0.3 is 0 Å². The van der Waals surface area contributed by atoms with Crippen molar-refractivity contribution in [1.82, 2.24) is 20.2 Å². The first-order valence-corrected chi connectivity index (χ1v) is 12.2. The van der Waals surface area contributed by atoms with Crippen molar-refractivity contribution in [2.24, 2.45) is 0 Å². The summed E-state index contributed by atoms with van der Waals surface area (Å²) in [5.74, 6) is 0.310. The number of halogens is 1. The Morgan fingerprint density at radius 1 is 1.37 bits per heavy atom. The van der Waals surface area contributed by atoms with Crippen LogP contribution in [-0.2, 0) is 9.47 Å². The molecule has 0 radical (unpaired) electrons. The first kappa shape index (κ1) is 25.2. The van der Waals surface area contributed by atoms with Gasteiger partial charge in [-0.1, -0.05) is 0 Å². The van der Waals surface area contributed by atoms with Gasteiger partial charge in [-0.15, -0.1) is 11.3 Å². The van der Waals surface area contributed by atoms with Crippen LogP contribution in [0.2, 0.25) is 0 Å². The Labute approximate surface area is 207 Å². The smallest absolute Gasteiger partial charge is 0.261 e. The Bertz CT molecular complexity index is 1180. The minimum Gasteiger partial charge on any atom is -0.486 e. The van der Waals surface area contributed by atoms with E-state index >= 15 is 0 Å². The van der Waals surface area contributed by atoms with Crippen LogP contribution in [0.1, 0.15) is 21.7 Å². The van der Waals surface area contributed by atoms with Crippen LogP contribution in [0.3, 0.4) is 0 Å². The third-order valence-corrected chi connectivity index (χ3v) is 6.90. The topological polar surface area (TPSA) is 97.8 Å². The van der Waals surface area contributed by atoms with Gasteiger partial charge in [0.25, 0.3) is 5.91 Å². The molecule has 0 aliphatic carbocycles. The summed E-state index contributed by atoms with van der Waals surface area (Å²) in [6, 6.07) is 4.32. The van der Waals surface area contributed by atoms with Crippen LogP contribution in [0.4, 0.5) is 15.9 Å². The van der Waals surface area contributed by atoms with Gasteiger partial charge < -0.3 is 29.7 Å². The van der Waals surface area contributed by atoms with E-state index in [1.54, 1.807) is 13.2 Å². The third-order valence-electron chi connectivity index (χ3n) is 5.70. The van der Waals surface area contributed by atoms with E-state index in [-0.39, 0.29) is 18.1 Å². The number of fused-ring (bicyclic) bond motifs is 1. The number of nitrogens with one attached hydrogen (secondary N) is 2. The zero-order valence-electron chi connectivity index (χ0n) is 20.3. The molecule has 1 aliphatic heterocycles. The molecule has 1 saturated heterocycles. The number of hydrogen-bond donors (Lipinski definition) is 2. The van der Waals surface area contributed by atoms with Crippen molar-refractivity contribution < 1.29 is 23.4 Å². The first-order chi connectivity index (χ1) is 16.9. The number of amides is 1. The summed E-state index contributed by atoms with van der Waals surface area (Å²) >= 11 is 1.30. The van der Waals surface area contributed by atoms with Crippen LogP contribution in [0.15, 0.2) is 24.5 Å². The fourth-order valence-electron chi connectivity index (χ4n) is 3.91. The highest BCUT2D eigenvalue weighted by Crippen LogP contribution is 2.37. The number of aromatic nitrogens is 2. The van der Waals surface area contributed by atoms with E-state index in [1.807, 2.05) is 25.9 Å². The van der Waals surface area contributed by atoms with Gasteiger partial charge in [-0.05, 0) is 38.7 Å². The third kappa shape index (κ3) is 6.04. The highest BCUT2D eigenvalue weighted by Gasteiger charge is 2.22. The molecule has 1 aromatic carbocycles. The Morgan fingerprint density at radius 3 is 2.91 bits per heavy atom. The normalized spacial score (nSPS) is 16.6. The summed E-state index contributed by atoms with van der Waals surface area (Å²) in [5.41, 5.74) is 1.34. The molecule has 1 unspecified atom stereocenters. The minimum absolute atomic E-state index is 0.122. The number of carbonyl (C=O) groups excluding carboxylic acids is 1. The van der Waals surface area contributed by atoms with E-state index in [1.165, 1.54) is 29.8 Å². The average molecular weight is 504 g/mol. The minimum atomic E-state index is -0.397. The largest absolute Gasteiger partial charge is 0.486 e. The lowest BCUT2D eigenvalue weighted by atomic mass is 10.2. The van der Waals surface area contributed by atoms with Gasteiger partial charge in [0.1, 0.15) is 34.6 Å². The molecule has 2 N–H and O–H groups in total. The van der Waals surface area contributed by atoms with Crippen LogP contribution < -0.4 is 15.4 Å². The number of nitrogens with zero attached hydrogens (tertiary/aromatic N) is 3. The summed E-state index contributed by atoms with van der Waals surface area (Å²) < 4.78 is 30.8. The molecule has 0 bridgehead atoms. The van der Waals surface area contributed by atoms with Crippen LogP contribution in [0, 0.1) is 12.7 Å². The second-order valence-corrected chi connectivity index (χ2v) is 9.66. The van der Waals surface area contributed by atoms with Crippen molar-refractivity contribution in [3.63, 3.8) is 0 Å². The molecular weight excluding hydrogens is 473 g/mol. The van der Waals surface area contributed by atoms with Gasteiger partial charge in [-0.3, -0.25) is 4.79 Å². The Hall–Kier alpha value is -2.86. The van der Waals surface area contributed by atoms with E-state index in [4.69, 9.17) is 14.2 Å². The number of benzene rings is 1. The van der Waals surface area contributed by atoms with Crippen molar-refractivity contribution >= 4 is 39.0 Å². The summed E-state index contributed by atoms with van der Waals surface area (Å²) in [4.78, 5) is 25.0. The zero-order valence-corrected chi connectivity index (χ0v) is 21.1. The van der Waals surface area contributed by atoms with Crippen molar-refractivity contribution in [2.45, 2.75) is 25.6 Å². The predicted molar refractivity (Wildman–Crippen MR) is 133 cm³/mol. The molecule has 0 spiro atoms. The molecule has 0 saturated carbocycles. The Morgan fingerprint density at radius 2 is 2.20 bits per heavy atom. The van der Waals surface area contributed by atoms with Crippen LogP contribution in [0.25, 0.3) is 10.2 Å². The molecule has 3 aromatic rings. The maximum Gasteiger partial charge on any atom is 0.261 e. The molecule has 2 atom stereocenters. The number of hydrogen-bond acceptors (Lipinski definition) is 9. The van der Waals surface area contributed by atoms with Gasteiger partial charge in [0, 0.05) is 32.7 Å². The van der Waals surface area contributed by atoms with Gasteiger partial charge in [0.15, 0.2) is 0 Å². The molecule has 9 nitrogen and oxygen atoms in total. The van der Waals surface area contributed by atoms with Crippen LogP contribution in [0.5, 0.6) is 5.75 Å².